The van der Waals surface area contributed by atoms with Gasteiger partial charge in [0.2, 0.25) is 5.88 Å². The van der Waals surface area contributed by atoms with E-state index in [2.05, 4.69) is 55.9 Å². The van der Waals surface area contributed by atoms with E-state index in [0.29, 0.717) is 16.7 Å². The van der Waals surface area contributed by atoms with E-state index in [1.807, 2.05) is 6.92 Å². The third kappa shape index (κ3) is 7.22. The maximum Gasteiger partial charge on any atom is 0.321 e. The summed E-state index contributed by atoms with van der Waals surface area (Å²) in [5, 5.41) is 10.3. The smallest absolute Gasteiger partial charge is 0.321 e. The molecule has 0 unspecified atom stereocenters. The molecule has 0 aliphatic rings. The van der Waals surface area contributed by atoms with Crippen LogP contribution in [0.1, 0.15) is 13.3 Å². The van der Waals surface area contributed by atoms with Crippen molar-refractivity contribution in [1.82, 2.24) is 24.4 Å². The Balaban J connectivity index is 1.94. The molecule has 14 heteroatoms. The largest absolute Gasteiger partial charge is 0.473 e. The number of aromatic nitrogens is 4. The summed E-state index contributed by atoms with van der Waals surface area (Å²) in [6.45, 7) is 2.17. The van der Waals surface area contributed by atoms with E-state index in [9.17, 15) is 13.6 Å². The number of hydrogen-bond acceptors (Lipinski definition) is 8. The van der Waals surface area contributed by atoms with Gasteiger partial charge in [0.05, 0.1) is 10.0 Å². The molecule has 0 amide bonds. The highest BCUT2D eigenvalue weighted by molar-refractivity contribution is 9.10. The van der Waals surface area contributed by atoms with Crippen molar-refractivity contribution in [3.05, 3.63) is 57.4 Å². The fraction of sp³-hybridized carbons (Fsp3) is 0.263. The highest BCUT2D eigenvalue weighted by Crippen LogP contribution is 2.26. The van der Waals surface area contributed by atoms with E-state index in [4.69, 9.17) is 9.47 Å². The minimum atomic E-state index is -4.08. The molecule has 1 aromatic carbocycles. The molecule has 0 fully saturated rings. The molecule has 0 aliphatic heterocycles. The molecule has 11 nitrogen and oxygen atoms in total. The first kappa shape index (κ1) is 25.1. The van der Waals surface area contributed by atoms with Crippen molar-refractivity contribution in [2.75, 3.05) is 19.8 Å². The molecule has 0 atom stereocenters. The monoisotopic (exact) mass is 602 g/mol. The SMILES string of the molecule is CCCNS(=O)(=O)N=c1c(-c2ccc(Br)cc2)c(OCCOc2ncc(Br)cn2)ncn1O. The first-order valence-electron chi connectivity index (χ1n) is 9.64. The third-order valence-corrected chi connectivity index (χ3v) is 5.88. The number of hydrogen-bond donors (Lipinski definition) is 2. The number of nitrogens with zero attached hydrogens (tertiary/aromatic N) is 5. The van der Waals surface area contributed by atoms with E-state index in [1.165, 1.54) is 0 Å². The van der Waals surface area contributed by atoms with E-state index < -0.39 is 10.2 Å². The van der Waals surface area contributed by atoms with Gasteiger partial charge in [0.25, 0.3) is 0 Å². The van der Waals surface area contributed by atoms with Crippen LogP contribution < -0.4 is 19.7 Å². The average Bonchev–Trinajstić information content (AvgIpc) is 2.79. The normalized spacial score (nSPS) is 12.0. The Hall–Kier alpha value is -2.55. The first-order chi connectivity index (χ1) is 15.8. The highest BCUT2D eigenvalue weighted by atomic mass is 79.9. The van der Waals surface area contributed by atoms with Gasteiger partial charge in [0.15, 0.2) is 5.49 Å². The number of ether oxygens (including phenoxy) is 2. The van der Waals surface area contributed by atoms with Gasteiger partial charge in [-0.1, -0.05) is 35.0 Å². The van der Waals surface area contributed by atoms with Crippen LogP contribution in [0.2, 0.25) is 0 Å². The summed E-state index contributed by atoms with van der Waals surface area (Å²) in [7, 11) is -4.08. The Morgan fingerprint density at radius 3 is 2.39 bits per heavy atom. The van der Waals surface area contributed by atoms with Crippen LogP contribution in [-0.4, -0.2) is 53.1 Å². The molecule has 2 aromatic heterocycles. The van der Waals surface area contributed by atoms with E-state index >= 15 is 0 Å². The molecule has 0 spiro atoms. The number of nitrogens with one attached hydrogen (secondary N) is 1. The molecule has 2 N–H and O–H groups in total. The van der Waals surface area contributed by atoms with Gasteiger partial charge in [-0.15, -0.1) is 4.40 Å². The second-order valence-electron chi connectivity index (χ2n) is 6.44. The molecular formula is C19H20Br2N6O5S. The van der Waals surface area contributed by atoms with Crippen LogP contribution in [-0.2, 0) is 10.2 Å². The van der Waals surface area contributed by atoms with Crippen LogP contribution in [0.3, 0.4) is 0 Å². The summed E-state index contributed by atoms with van der Waals surface area (Å²) < 4.78 is 44.1. The van der Waals surface area contributed by atoms with Crippen LogP contribution in [0.15, 0.2) is 56.3 Å². The van der Waals surface area contributed by atoms with Crippen molar-refractivity contribution in [3.8, 4) is 23.0 Å². The lowest BCUT2D eigenvalue weighted by Gasteiger charge is -2.13. The van der Waals surface area contributed by atoms with Gasteiger partial charge >= 0.3 is 16.2 Å². The van der Waals surface area contributed by atoms with Gasteiger partial charge in [-0.3, -0.25) is 0 Å². The van der Waals surface area contributed by atoms with Crippen molar-refractivity contribution in [3.63, 3.8) is 0 Å². The van der Waals surface area contributed by atoms with Gasteiger partial charge in [-0.25, -0.2) is 9.97 Å². The van der Waals surface area contributed by atoms with Crippen molar-refractivity contribution in [2.24, 2.45) is 4.40 Å². The lowest BCUT2D eigenvalue weighted by molar-refractivity contribution is 0.163. The van der Waals surface area contributed by atoms with Crippen molar-refractivity contribution >= 4 is 42.1 Å². The Morgan fingerprint density at radius 1 is 1.06 bits per heavy atom. The molecule has 33 heavy (non-hydrogen) atoms. The number of rotatable bonds is 10. The maximum absolute atomic E-state index is 12.4. The van der Waals surface area contributed by atoms with Gasteiger partial charge < -0.3 is 14.7 Å². The zero-order valence-electron chi connectivity index (χ0n) is 17.4. The Bertz CT molecular complexity index is 1250. The van der Waals surface area contributed by atoms with E-state index in [1.54, 1.807) is 36.7 Å². The number of benzene rings is 1. The molecule has 3 rings (SSSR count). The fourth-order valence-corrected chi connectivity index (χ4v) is 3.92. The summed E-state index contributed by atoms with van der Waals surface area (Å²) >= 11 is 6.61. The standard InChI is InChI=1S/C19H20Br2N6O5S/c1-2-7-25-33(29,30)26-17-16(13-3-5-14(20)6-4-13)18(24-12-27(17)28)31-8-9-32-19-22-10-15(21)11-23-19/h3-6,10-12,25,28H,2,7-9H2,1H3. The topological polar surface area (TPSA) is 141 Å². The molecule has 0 saturated carbocycles. The van der Waals surface area contributed by atoms with Gasteiger partial charge in [0.1, 0.15) is 19.5 Å². The van der Waals surface area contributed by atoms with Crippen LogP contribution >= 0.6 is 31.9 Å². The fourth-order valence-electron chi connectivity index (χ4n) is 2.53. The summed E-state index contributed by atoms with van der Waals surface area (Å²) in [5.41, 5.74) is 0.461. The summed E-state index contributed by atoms with van der Waals surface area (Å²) in [5.74, 6) is 0.0624. The Morgan fingerprint density at radius 2 is 1.73 bits per heavy atom. The molecule has 0 bridgehead atoms. The lowest BCUT2D eigenvalue weighted by Crippen LogP contribution is -2.30. The summed E-state index contributed by atoms with van der Waals surface area (Å²) in [6, 6.07) is 7.12. The van der Waals surface area contributed by atoms with Gasteiger partial charge in [-0.2, -0.15) is 22.9 Å². The molecular weight excluding hydrogens is 584 g/mol. The highest BCUT2D eigenvalue weighted by Gasteiger charge is 2.17. The lowest BCUT2D eigenvalue weighted by atomic mass is 10.1. The molecule has 0 aliphatic carbocycles. The van der Waals surface area contributed by atoms with Gasteiger partial charge in [-0.05, 0) is 40.0 Å². The van der Waals surface area contributed by atoms with Crippen LogP contribution in [0.5, 0.6) is 11.9 Å². The molecule has 0 saturated heterocycles. The first-order valence-corrected chi connectivity index (χ1v) is 12.7. The molecule has 2 heterocycles. The molecule has 3 aromatic rings. The van der Waals surface area contributed by atoms with E-state index in [0.717, 1.165) is 15.3 Å². The summed E-state index contributed by atoms with van der Waals surface area (Å²) in [6.07, 6.45) is 4.69. The van der Waals surface area contributed by atoms with Crippen LogP contribution in [0.4, 0.5) is 0 Å². The quantitative estimate of drug-likeness (QED) is 0.266. The zero-order chi connectivity index (χ0) is 23.8. The minimum Gasteiger partial charge on any atom is -0.473 e. The predicted octanol–water partition coefficient (Wildman–Crippen LogP) is 2.71. The Labute approximate surface area is 207 Å². The van der Waals surface area contributed by atoms with Crippen molar-refractivity contribution in [1.29, 1.82) is 0 Å². The zero-order valence-corrected chi connectivity index (χ0v) is 21.3. The van der Waals surface area contributed by atoms with E-state index in [-0.39, 0.29) is 42.7 Å². The van der Waals surface area contributed by atoms with Crippen molar-refractivity contribution in [2.45, 2.75) is 13.3 Å². The predicted molar refractivity (Wildman–Crippen MR) is 126 cm³/mol. The minimum absolute atomic E-state index is 0.0473. The van der Waals surface area contributed by atoms with Crippen LogP contribution in [0.25, 0.3) is 11.1 Å². The van der Waals surface area contributed by atoms with Gasteiger partial charge in [0, 0.05) is 23.4 Å². The number of halogens is 2. The Kier molecular flexibility index (Phi) is 8.77. The average molecular weight is 604 g/mol. The van der Waals surface area contributed by atoms with Crippen LogP contribution in [0, 0.1) is 0 Å². The third-order valence-electron chi connectivity index (χ3n) is 3.96. The molecule has 0 radical (unpaired) electrons. The summed E-state index contributed by atoms with van der Waals surface area (Å²) in [4.78, 5) is 12.1. The second-order valence-corrected chi connectivity index (χ2v) is 9.69. The molecule has 176 valence electrons. The second kappa shape index (κ2) is 11.5. The maximum atomic E-state index is 12.4. The van der Waals surface area contributed by atoms with Crippen molar-refractivity contribution < 1.29 is 23.1 Å².